The highest BCUT2D eigenvalue weighted by Crippen LogP contribution is 2.38. The summed E-state index contributed by atoms with van der Waals surface area (Å²) in [6.07, 6.45) is -1.93. The van der Waals surface area contributed by atoms with E-state index < -0.39 is 26.6 Å². The number of rotatable bonds is 11. The second-order valence-corrected chi connectivity index (χ2v) is 16.4. The predicted octanol–water partition coefficient (Wildman–Crippen LogP) is 5.13. The first-order valence-electron chi connectivity index (χ1n) is 14.8. The van der Waals surface area contributed by atoms with Gasteiger partial charge in [-0.2, -0.15) is 0 Å². The van der Waals surface area contributed by atoms with E-state index >= 15 is 0 Å². The number of aliphatic hydroxyl groups excluding tert-OH is 1. The molecule has 43 heavy (non-hydrogen) atoms. The molecule has 1 fully saturated rings. The summed E-state index contributed by atoms with van der Waals surface area (Å²) < 4.78 is 18.8. The number of carbonyl (C=O) groups excluding carboxylic acids is 1. The molecule has 1 saturated heterocycles. The topological polar surface area (TPSA) is 68.2 Å². The summed E-state index contributed by atoms with van der Waals surface area (Å²) in [5.41, 5.74) is 1.86. The highest BCUT2D eigenvalue weighted by molar-refractivity contribution is 6.99. The number of methoxy groups -OCH3 is 1. The van der Waals surface area contributed by atoms with Crippen LogP contribution in [0.2, 0.25) is 5.04 Å². The van der Waals surface area contributed by atoms with Gasteiger partial charge in [-0.15, -0.1) is 0 Å². The first-order chi connectivity index (χ1) is 20.7. The van der Waals surface area contributed by atoms with Crippen molar-refractivity contribution in [2.24, 2.45) is 5.92 Å². The summed E-state index contributed by atoms with van der Waals surface area (Å²) in [5.74, 6) is -0.0934. The van der Waals surface area contributed by atoms with Crippen molar-refractivity contribution in [2.75, 3.05) is 13.7 Å². The zero-order valence-corrected chi connectivity index (χ0v) is 26.4. The standard InChI is InChI=1S/C36H41NO5Si/c1-36(2,3)43(30-16-10-6-11-17-30,31-18-12-7-13-19-31)42-26-32-33(41-25-28-14-8-5-9-15-28)35(39)37(34(32)38)24-27-20-22-29(40-4)23-21-27/h5-23,32-34,38H,24-26H2,1-4H3/t32-,33-,34?/m0/s1. The van der Waals surface area contributed by atoms with E-state index in [0.29, 0.717) is 0 Å². The second-order valence-electron chi connectivity index (χ2n) is 12.1. The van der Waals surface area contributed by atoms with Crippen LogP contribution in [0, 0.1) is 5.92 Å². The molecule has 3 atom stereocenters. The Balaban J connectivity index is 1.48. The normalized spacial score (nSPS) is 19.0. The number of amides is 1. The molecule has 1 aliphatic rings. The Morgan fingerprint density at radius 3 is 1.81 bits per heavy atom. The molecule has 0 saturated carbocycles. The van der Waals surface area contributed by atoms with Crippen LogP contribution in [-0.2, 0) is 27.1 Å². The summed E-state index contributed by atoms with van der Waals surface area (Å²) in [5, 5.41) is 13.8. The van der Waals surface area contributed by atoms with Gasteiger partial charge in [0.05, 0.1) is 19.6 Å². The Labute approximate surface area is 256 Å². The van der Waals surface area contributed by atoms with Gasteiger partial charge in [0.15, 0.2) is 0 Å². The third-order valence-electron chi connectivity index (χ3n) is 8.31. The molecule has 4 aromatic rings. The van der Waals surface area contributed by atoms with E-state index in [2.05, 4.69) is 45.0 Å². The molecular formula is C36H41NO5Si. The van der Waals surface area contributed by atoms with Crippen LogP contribution in [0.3, 0.4) is 0 Å². The summed E-state index contributed by atoms with van der Waals surface area (Å²) in [7, 11) is -1.28. The number of hydrogen-bond donors (Lipinski definition) is 1. The lowest BCUT2D eigenvalue weighted by Crippen LogP contribution is -2.67. The highest BCUT2D eigenvalue weighted by atomic mass is 28.4. The van der Waals surface area contributed by atoms with Gasteiger partial charge < -0.3 is 23.9 Å². The maximum atomic E-state index is 13.9. The van der Waals surface area contributed by atoms with Crippen molar-refractivity contribution in [1.29, 1.82) is 0 Å². The molecular weight excluding hydrogens is 554 g/mol. The van der Waals surface area contributed by atoms with E-state index in [4.69, 9.17) is 13.9 Å². The van der Waals surface area contributed by atoms with Crippen LogP contribution in [-0.4, -0.2) is 50.3 Å². The molecule has 1 heterocycles. The van der Waals surface area contributed by atoms with Crippen LogP contribution < -0.4 is 15.1 Å². The minimum atomic E-state index is -2.90. The monoisotopic (exact) mass is 595 g/mol. The zero-order chi connectivity index (χ0) is 30.5. The molecule has 0 spiro atoms. The van der Waals surface area contributed by atoms with Crippen molar-refractivity contribution in [3.63, 3.8) is 0 Å². The fourth-order valence-corrected chi connectivity index (χ4v) is 10.7. The number of hydrogen-bond acceptors (Lipinski definition) is 5. The summed E-state index contributed by atoms with van der Waals surface area (Å²) in [4.78, 5) is 15.4. The molecule has 0 aromatic heterocycles. The number of aliphatic hydroxyl groups is 1. The van der Waals surface area contributed by atoms with E-state index in [1.54, 1.807) is 7.11 Å². The minimum absolute atomic E-state index is 0.165. The molecule has 1 amide bonds. The third-order valence-corrected chi connectivity index (χ3v) is 13.3. The van der Waals surface area contributed by atoms with Crippen molar-refractivity contribution >= 4 is 24.6 Å². The van der Waals surface area contributed by atoms with Gasteiger partial charge in [-0.1, -0.05) is 124 Å². The number of carbonyl (C=O) groups is 1. The van der Waals surface area contributed by atoms with E-state index in [-0.39, 0.29) is 30.7 Å². The number of nitrogens with zero attached hydrogens (tertiary/aromatic N) is 1. The van der Waals surface area contributed by atoms with Gasteiger partial charge in [-0.05, 0) is 38.7 Å². The average molecular weight is 596 g/mol. The lowest BCUT2D eigenvalue weighted by atomic mass is 10.1. The van der Waals surface area contributed by atoms with Crippen molar-refractivity contribution < 1.29 is 23.8 Å². The van der Waals surface area contributed by atoms with Gasteiger partial charge in [0.25, 0.3) is 14.2 Å². The van der Waals surface area contributed by atoms with Crippen molar-refractivity contribution in [3.8, 4) is 5.75 Å². The summed E-state index contributed by atoms with van der Waals surface area (Å²) in [6.45, 7) is 7.33. The van der Waals surface area contributed by atoms with Gasteiger partial charge >= 0.3 is 0 Å². The molecule has 1 unspecified atom stereocenters. The lowest BCUT2D eigenvalue weighted by Gasteiger charge is -2.44. The summed E-state index contributed by atoms with van der Waals surface area (Å²) >= 11 is 0. The van der Waals surface area contributed by atoms with Crippen molar-refractivity contribution in [3.05, 3.63) is 126 Å². The van der Waals surface area contributed by atoms with E-state index in [9.17, 15) is 9.90 Å². The van der Waals surface area contributed by atoms with Gasteiger partial charge in [0.2, 0.25) is 0 Å². The SMILES string of the molecule is COc1ccc(CN2C(=O)[C@@H](OCc3ccccc3)[C@H](CO[Si](c3ccccc3)(c3ccccc3)C(C)(C)C)C2O)cc1. The molecule has 1 aliphatic heterocycles. The molecule has 5 rings (SSSR count). The Kier molecular flexibility index (Phi) is 9.47. The van der Waals surface area contributed by atoms with E-state index in [1.807, 2.05) is 91.0 Å². The molecule has 7 heteroatoms. The van der Waals surface area contributed by atoms with Gasteiger partial charge in [-0.25, -0.2) is 0 Å². The Morgan fingerprint density at radius 1 is 0.767 bits per heavy atom. The van der Waals surface area contributed by atoms with Crippen LogP contribution >= 0.6 is 0 Å². The maximum absolute atomic E-state index is 13.9. The predicted molar refractivity (Wildman–Crippen MR) is 172 cm³/mol. The summed E-state index contributed by atoms with van der Waals surface area (Å²) in [6, 6.07) is 38.1. The molecule has 6 nitrogen and oxygen atoms in total. The number of likely N-dealkylation sites (tertiary alicyclic amines) is 1. The van der Waals surface area contributed by atoms with Crippen molar-refractivity contribution in [2.45, 2.75) is 51.3 Å². The smallest absolute Gasteiger partial charge is 0.261 e. The Morgan fingerprint density at radius 2 is 1.30 bits per heavy atom. The van der Waals surface area contributed by atoms with Gasteiger partial charge in [0.1, 0.15) is 18.1 Å². The van der Waals surface area contributed by atoms with E-state index in [0.717, 1.165) is 27.2 Å². The number of ether oxygens (including phenoxy) is 2. The van der Waals surface area contributed by atoms with Crippen LogP contribution in [0.5, 0.6) is 5.75 Å². The maximum Gasteiger partial charge on any atom is 0.261 e. The minimum Gasteiger partial charge on any atom is -0.497 e. The zero-order valence-electron chi connectivity index (χ0n) is 25.4. The average Bonchev–Trinajstić information content (AvgIpc) is 3.25. The van der Waals surface area contributed by atoms with Gasteiger partial charge in [-0.3, -0.25) is 4.79 Å². The molecule has 0 radical (unpaired) electrons. The molecule has 4 aromatic carbocycles. The molecule has 0 bridgehead atoms. The van der Waals surface area contributed by atoms with E-state index in [1.165, 1.54) is 4.90 Å². The van der Waals surface area contributed by atoms with Crippen LogP contribution in [0.25, 0.3) is 0 Å². The van der Waals surface area contributed by atoms with Gasteiger partial charge in [0, 0.05) is 13.2 Å². The second kappa shape index (κ2) is 13.3. The number of benzene rings is 4. The third kappa shape index (κ3) is 6.45. The molecule has 224 valence electrons. The Bertz CT molecular complexity index is 1420. The fraction of sp³-hybridized carbons (Fsp3) is 0.306. The molecule has 0 aliphatic carbocycles. The Hall–Kier alpha value is -3.75. The fourth-order valence-electron chi connectivity index (χ4n) is 6.07. The highest BCUT2D eigenvalue weighted by Gasteiger charge is 2.53. The van der Waals surface area contributed by atoms with Crippen molar-refractivity contribution in [1.82, 2.24) is 4.90 Å². The van der Waals surface area contributed by atoms with Crippen LogP contribution in [0.4, 0.5) is 0 Å². The van der Waals surface area contributed by atoms with Crippen LogP contribution in [0.1, 0.15) is 31.9 Å². The molecule has 1 N–H and O–H groups in total. The first-order valence-corrected chi connectivity index (χ1v) is 16.7. The quantitative estimate of drug-likeness (QED) is 0.244. The lowest BCUT2D eigenvalue weighted by molar-refractivity contribution is -0.141. The largest absolute Gasteiger partial charge is 0.497 e. The first kappa shape index (κ1) is 30.7. The van der Waals surface area contributed by atoms with Crippen LogP contribution in [0.15, 0.2) is 115 Å².